The molecule has 1 amide bonds. The number of nitrogens with one attached hydrogen (secondary N) is 1. The third-order valence-electron chi connectivity index (χ3n) is 6.95. The van der Waals surface area contributed by atoms with E-state index < -0.39 is 0 Å². The van der Waals surface area contributed by atoms with E-state index >= 15 is 0 Å². The molecule has 5 rings (SSSR count). The number of hydrogen-bond acceptors (Lipinski definition) is 2. The molecule has 0 unspecified atom stereocenters. The first kappa shape index (κ1) is 20.0. The maximum atomic E-state index is 11.6. The van der Waals surface area contributed by atoms with E-state index in [0.29, 0.717) is 18.3 Å². The van der Waals surface area contributed by atoms with E-state index in [1.807, 2.05) is 0 Å². The Morgan fingerprint density at radius 3 is 2.16 bits per heavy atom. The van der Waals surface area contributed by atoms with Crippen LogP contribution in [0.5, 0.6) is 0 Å². The molecule has 31 heavy (non-hydrogen) atoms. The third kappa shape index (κ3) is 4.57. The molecule has 1 fully saturated rings. The van der Waals surface area contributed by atoms with E-state index in [9.17, 15) is 4.79 Å². The van der Waals surface area contributed by atoms with Crippen molar-refractivity contribution < 1.29 is 4.79 Å². The average molecular weight is 411 g/mol. The average Bonchev–Trinajstić information content (AvgIpc) is 3.20. The first-order valence-electron chi connectivity index (χ1n) is 11.5. The Kier molecular flexibility index (Phi) is 5.86. The van der Waals surface area contributed by atoms with Crippen molar-refractivity contribution in [2.45, 2.75) is 37.5 Å². The number of fused-ring (bicyclic) bond motifs is 1. The maximum Gasteiger partial charge on any atom is 0.228 e. The van der Waals surface area contributed by atoms with Gasteiger partial charge in [0.15, 0.2) is 0 Å². The molecule has 0 spiro atoms. The summed E-state index contributed by atoms with van der Waals surface area (Å²) in [6.07, 6.45) is 4.07. The van der Waals surface area contributed by atoms with E-state index in [4.69, 9.17) is 0 Å². The van der Waals surface area contributed by atoms with E-state index in [0.717, 1.165) is 31.7 Å². The lowest BCUT2D eigenvalue weighted by Gasteiger charge is -2.33. The van der Waals surface area contributed by atoms with E-state index in [2.05, 4.69) is 89.1 Å². The molecule has 0 saturated carbocycles. The Hall–Kier alpha value is -2.91. The van der Waals surface area contributed by atoms with Crippen LogP contribution in [0.2, 0.25) is 0 Å². The summed E-state index contributed by atoms with van der Waals surface area (Å²) in [4.78, 5) is 14.3. The van der Waals surface area contributed by atoms with E-state index in [-0.39, 0.29) is 5.91 Å². The molecular formula is C28H30N2O. The van der Waals surface area contributed by atoms with Gasteiger partial charge in [-0.3, -0.25) is 4.79 Å². The zero-order chi connectivity index (χ0) is 21.0. The number of hydrogen-bond donors (Lipinski definition) is 1. The largest absolute Gasteiger partial charge is 0.326 e. The van der Waals surface area contributed by atoms with Crippen molar-refractivity contribution in [1.82, 2.24) is 4.90 Å². The lowest BCUT2D eigenvalue weighted by molar-refractivity contribution is -0.115. The van der Waals surface area contributed by atoms with Crippen LogP contribution >= 0.6 is 0 Å². The molecule has 3 aromatic rings. The molecule has 158 valence electrons. The number of likely N-dealkylation sites (tertiary alicyclic amines) is 1. The first-order chi connectivity index (χ1) is 15.3. The number of carbonyl (C=O) groups is 1. The van der Waals surface area contributed by atoms with Crippen LogP contribution in [0, 0.1) is 0 Å². The summed E-state index contributed by atoms with van der Waals surface area (Å²) < 4.78 is 0. The molecule has 1 saturated heterocycles. The van der Waals surface area contributed by atoms with Crippen molar-refractivity contribution in [2.75, 3.05) is 25.0 Å². The third-order valence-corrected chi connectivity index (χ3v) is 6.95. The van der Waals surface area contributed by atoms with Gasteiger partial charge in [-0.15, -0.1) is 0 Å². The molecular weight excluding hydrogens is 380 g/mol. The van der Waals surface area contributed by atoms with Crippen molar-refractivity contribution in [3.8, 4) is 0 Å². The Labute approximate surface area is 185 Å². The summed E-state index contributed by atoms with van der Waals surface area (Å²) in [5.41, 5.74) is 6.38. The summed E-state index contributed by atoms with van der Waals surface area (Å²) in [7, 11) is 0. The topological polar surface area (TPSA) is 32.3 Å². The monoisotopic (exact) mass is 410 g/mol. The summed E-state index contributed by atoms with van der Waals surface area (Å²) in [5, 5.41) is 2.94. The van der Waals surface area contributed by atoms with Crippen molar-refractivity contribution in [3.05, 3.63) is 101 Å². The SMILES string of the molecule is O=C1Cc2cc(C3CCN(CCC(c4ccccc4)c4ccccc4)CC3)ccc2N1. The quantitative estimate of drug-likeness (QED) is 0.575. The summed E-state index contributed by atoms with van der Waals surface area (Å²) in [5.74, 6) is 1.17. The molecule has 2 aliphatic rings. The Morgan fingerprint density at radius 2 is 1.52 bits per heavy atom. The molecule has 3 aromatic carbocycles. The van der Waals surface area contributed by atoms with Gasteiger partial charge in [0, 0.05) is 11.6 Å². The first-order valence-corrected chi connectivity index (χ1v) is 11.5. The zero-order valence-corrected chi connectivity index (χ0v) is 18.0. The second kappa shape index (κ2) is 9.07. The standard InChI is InChI=1S/C28H30N2O/c31-28-20-25-19-24(11-12-27(25)29-28)21-13-16-30(17-14-21)18-15-26(22-7-3-1-4-8-22)23-9-5-2-6-10-23/h1-12,19,21,26H,13-18,20H2,(H,29,31). The Bertz CT molecular complexity index is 984. The van der Waals surface area contributed by atoms with Gasteiger partial charge in [-0.05, 0) is 73.1 Å². The van der Waals surface area contributed by atoms with E-state index in [1.54, 1.807) is 0 Å². The summed E-state index contributed by atoms with van der Waals surface area (Å²) in [6, 6.07) is 28.4. The Morgan fingerprint density at radius 1 is 0.871 bits per heavy atom. The lowest BCUT2D eigenvalue weighted by Crippen LogP contribution is -2.34. The molecule has 3 nitrogen and oxygen atoms in total. The van der Waals surface area contributed by atoms with E-state index in [1.165, 1.54) is 35.1 Å². The molecule has 0 bridgehead atoms. The highest BCUT2D eigenvalue weighted by atomic mass is 16.1. The Balaban J connectivity index is 1.20. The van der Waals surface area contributed by atoms with Crippen LogP contribution < -0.4 is 5.32 Å². The van der Waals surface area contributed by atoms with Crippen molar-refractivity contribution in [3.63, 3.8) is 0 Å². The summed E-state index contributed by atoms with van der Waals surface area (Å²) in [6.45, 7) is 3.42. The maximum absolute atomic E-state index is 11.6. The van der Waals surface area contributed by atoms with Gasteiger partial charge < -0.3 is 10.2 Å². The van der Waals surface area contributed by atoms with Crippen molar-refractivity contribution >= 4 is 11.6 Å². The number of piperidine rings is 1. The number of benzene rings is 3. The van der Waals surface area contributed by atoms with Gasteiger partial charge in [-0.1, -0.05) is 72.8 Å². The highest BCUT2D eigenvalue weighted by Crippen LogP contribution is 2.33. The number of amides is 1. The molecule has 0 aliphatic carbocycles. The van der Waals surface area contributed by atoms with Gasteiger partial charge in [0.1, 0.15) is 0 Å². The fourth-order valence-corrected chi connectivity index (χ4v) is 5.20. The molecule has 1 N–H and O–H groups in total. The van der Waals surface area contributed by atoms with Gasteiger partial charge in [-0.25, -0.2) is 0 Å². The van der Waals surface area contributed by atoms with Gasteiger partial charge in [0.25, 0.3) is 0 Å². The smallest absolute Gasteiger partial charge is 0.228 e. The molecule has 0 radical (unpaired) electrons. The lowest BCUT2D eigenvalue weighted by atomic mass is 9.86. The minimum Gasteiger partial charge on any atom is -0.326 e. The van der Waals surface area contributed by atoms with Crippen LogP contribution in [-0.2, 0) is 11.2 Å². The van der Waals surface area contributed by atoms with Crippen LogP contribution in [0.1, 0.15) is 53.4 Å². The van der Waals surface area contributed by atoms with Crippen LogP contribution in [0.4, 0.5) is 5.69 Å². The molecule has 2 aliphatic heterocycles. The number of rotatable bonds is 6. The fraction of sp³-hybridized carbons (Fsp3) is 0.321. The minimum absolute atomic E-state index is 0.119. The summed E-state index contributed by atoms with van der Waals surface area (Å²) >= 11 is 0. The highest BCUT2D eigenvalue weighted by Gasteiger charge is 2.24. The van der Waals surface area contributed by atoms with Crippen LogP contribution in [0.15, 0.2) is 78.9 Å². The molecule has 0 aromatic heterocycles. The molecule has 2 heterocycles. The van der Waals surface area contributed by atoms with Gasteiger partial charge in [0.05, 0.1) is 6.42 Å². The van der Waals surface area contributed by atoms with Gasteiger partial charge in [-0.2, -0.15) is 0 Å². The van der Waals surface area contributed by atoms with Crippen LogP contribution in [0.3, 0.4) is 0 Å². The predicted molar refractivity (Wildman–Crippen MR) is 127 cm³/mol. The van der Waals surface area contributed by atoms with Crippen molar-refractivity contribution in [1.29, 1.82) is 0 Å². The molecule has 0 atom stereocenters. The zero-order valence-electron chi connectivity index (χ0n) is 18.0. The normalized spacial score (nSPS) is 17.0. The number of carbonyl (C=O) groups excluding carboxylic acids is 1. The highest BCUT2D eigenvalue weighted by molar-refractivity contribution is 5.99. The van der Waals surface area contributed by atoms with Crippen LogP contribution in [-0.4, -0.2) is 30.4 Å². The minimum atomic E-state index is 0.119. The number of nitrogens with zero attached hydrogens (tertiary/aromatic N) is 1. The number of anilines is 1. The van der Waals surface area contributed by atoms with Crippen LogP contribution in [0.25, 0.3) is 0 Å². The molecule has 3 heteroatoms. The fourth-order valence-electron chi connectivity index (χ4n) is 5.20. The van der Waals surface area contributed by atoms with Crippen molar-refractivity contribution in [2.24, 2.45) is 0 Å². The van der Waals surface area contributed by atoms with Gasteiger partial charge >= 0.3 is 0 Å². The second-order valence-electron chi connectivity index (χ2n) is 8.92. The van der Waals surface area contributed by atoms with Gasteiger partial charge in [0.2, 0.25) is 5.91 Å². The predicted octanol–water partition coefficient (Wildman–Crippen LogP) is 5.58. The second-order valence-corrected chi connectivity index (χ2v) is 8.92.